The van der Waals surface area contributed by atoms with Gasteiger partial charge in [0.1, 0.15) is 5.75 Å². The molecule has 0 amide bonds. The van der Waals surface area contributed by atoms with Crippen molar-refractivity contribution in [1.82, 2.24) is 4.72 Å². The van der Waals surface area contributed by atoms with E-state index in [0.717, 1.165) is 18.6 Å². The molecule has 0 radical (unpaired) electrons. The summed E-state index contributed by atoms with van der Waals surface area (Å²) in [6, 6.07) is 9.68. The van der Waals surface area contributed by atoms with Gasteiger partial charge in [-0.2, -0.15) is 0 Å². The minimum absolute atomic E-state index is 0.602. The van der Waals surface area contributed by atoms with Gasteiger partial charge in [0.25, 0.3) is 0 Å². The predicted molar refractivity (Wildman–Crippen MR) is 84.7 cm³/mol. The van der Waals surface area contributed by atoms with Crippen LogP contribution in [0.25, 0.3) is 0 Å². The zero-order valence-electron chi connectivity index (χ0n) is 12.5. The predicted octanol–water partition coefficient (Wildman–Crippen LogP) is 3.16. The number of para-hydroxylation sites is 1. The quantitative estimate of drug-likeness (QED) is 0.544. The van der Waals surface area contributed by atoms with E-state index in [2.05, 4.69) is 11.6 Å². The average Bonchev–Trinajstić information content (AvgIpc) is 2.47. The Hall–Kier alpha value is -1.07. The highest BCUT2D eigenvalue weighted by Gasteiger charge is 1.89. The van der Waals surface area contributed by atoms with Gasteiger partial charge in [-0.15, -0.1) is 0 Å². The monoisotopic (exact) mass is 301 g/mol. The Morgan fingerprint density at radius 3 is 2.10 bits per heavy atom. The third-order valence-electron chi connectivity index (χ3n) is 2.75. The van der Waals surface area contributed by atoms with Gasteiger partial charge in [0.2, 0.25) is 10.9 Å². The minimum Gasteiger partial charge on any atom is -0.497 e. The fourth-order valence-corrected chi connectivity index (χ4v) is 1.97. The summed E-state index contributed by atoms with van der Waals surface area (Å²) in [4.78, 5) is 0. The van der Waals surface area contributed by atoms with E-state index in [1.807, 2.05) is 30.3 Å². The number of thiol groups is 1. The molecule has 0 aliphatic rings. The number of hydrogen-bond acceptors (Lipinski definition) is 3. The summed E-state index contributed by atoms with van der Waals surface area (Å²) in [5.41, 5.74) is 0. The minimum atomic E-state index is -2.38. The maximum atomic E-state index is 10.1. The summed E-state index contributed by atoms with van der Waals surface area (Å²) in [5.74, 6) is 0.910. The molecule has 0 fully saturated rings. The van der Waals surface area contributed by atoms with Crippen LogP contribution in [0.15, 0.2) is 30.3 Å². The van der Waals surface area contributed by atoms with Crippen molar-refractivity contribution in [2.24, 2.45) is 0 Å². The Labute approximate surface area is 124 Å². The lowest BCUT2D eigenvalue weighted by atomic mass is 10.1. The Morgan fingerprint density at radius 1 is 1.00 bits per heavy atom. The van der Waals surface area contributed by atoms with E-state index in [9.17, 15) is 8.42 Å². The van der Waals surface area contributed by atoms with E-state index in [1.54, 1.807) is 7.11 Å². The normalized spacial score (nSPS) is 9.95. The van der Waals surface area contributed by atoms with Crippen molar-refractivity contribution in [3.63, 3.8) is 0 Å². The van der Waals surface area contributed by atoms with Crippen LogP contribution in [0.2, 0.25) is 0 Å². The molecule has 0 atom stereocenters. The molecule has 1 rings (SSSR count). The first-order valence-electron chi connectivity index (χ1n) is 7.17. The van der Waals surface area contributed by atoms with Gasteiger partial charge in [-0.05, 0) is 18.6 Å². The molecule has 0 spiro atoms. The molecule has 20 heavy (non-hydrogen) atoms. The molecule has 1 N–H and O–H groups in total. The van der Waals surface area contributed by atoms with E-state index < -0.39 is 10.9 Å². The second kappa shape index (κ2) is 14.3. The molecule has 0 unspecified atom stereocenters. The first-order chi connectivity index (χ1) is 9.70. The molecular formula is C15H27NO3S. The highest BCUT2D eigenvalue weighted by molar-refractivity contribution is 7.70. The van der Waals surface area contributed by atoms with Gasteiger partial charge >= 0.3 is 0 Å². The van der Waals surface area contributed by atoms with E-state index in [0.29, 0.717) is 6.54 Å². The lowest BCUT2D eigenvalue weighted by Crippen LogP contribution is -2.12. The maximum absolute atomic E-state index is 10.1. The van der Waals surface area contributed by atoms with Crippen LogP contribution in [-0.2, 0) is 10.9 Å². The van der Waals surface area contributed by atoms with Crippen LogP contribution < -0.4 is 9.46 Å². The number of benzene rings is 1. The molecule has 0 heterocycles. The lowest BCUT2D eigenvalue weighted by Gasteiger charge is -1.98. The Balaban J connectivity index is 0.000000388. The van der Waals surface area contributed by atoms with Gasteiger partial charge in [0, 0.05) is 6.54 Å². The Kier molecular flexibility index (Phi) is 13.6. The molecule has 0 saturated carbocycles. The van der Waals surface area contributed by atoms with Gasteiger partial charge < -0.3 is 4.74 Å². The Bertz CT molecular complexity index is 372. The van der Waals surface area contributed by atoms with Crippen LogP contribution in [-0.4, -0.2) is 22.1 Å². The van der Waals surface area contributed by atoms with E-state index >= 15 is 0 Å². The molecule has 1 aromatic rings. The SMILES string of the molecule is CCCCCCCCN[SH](=O)=O.COc1ccccc1. The number of rotatable bonds is 9. The summed E-state index contributed by atoms with van der Waals surface area (Å²) in [6.07, 6.45) is 7.16. The number of nitrogens with one attached hydrogen (secondary N) is 1. The standard InChI is InChI=1S/C8H19NO2S.C7H8O/c1-2-3-4-5-6-7-8-9-12(10)11;1-8-7-5-3-2-4-6-7/h12H,2-8H2,1H3,(H,9,10,11);2-6H,1H3. The van der Waals surface area contributed by atoms with Crippen molar-refractivity contribution in [2.75, 3.05) is 13.7 Å². The lowest BCUT2D eigenvalue weighted by molar-refractivity contribution is 0.415. The van der Waals surface area contributed by atoms with Gasteiger partial charge in [-0.25, -0.2) is 13.1 Å². The molecule has 1 aromatic carbocycles. The molecule has 5 heteroatoms. The molecule has 0 aromatic heterocycles. The van der Waals surface area contributed by atoms with Crippen LogP contribution in [0.1, 0.15) is 45.4 Å². The van der Waals surface area contributed by atoms with E-state index in [-0.39, 0.29) is 0 Å². The average molecular weight is 301 g/mol. The summed E-state index contributed by atoms with van der Waals surface area (Å²) in [5, 5.41) is 0. The number of methoxy groups -OCH3 is 1. The molecule has 116 valence electrons. The second-order valence-electron chi connectivity index (χ2n) is 4.45. The molecule has 0 aliphatic heterocycles. The first-order valence-corrected chi connectivity index (χ1v) is 8.35. The third-order valence-corrected chi connectivity index (χ3v) is 3.23. The smallest absolute Gasteiger partial charge is 0.201 e. The van der Waals surface area contributed by atoms with Crippen molar-refractivity contribution < 1.29 is 13.2 Å². The van der Waals surface area contributed by atoms with Crippen LogP contribution in [0, 0.1) is 0 Å². The van der Waals surface area contributed by atoms with E-state index in [4.69, 9.17) is 4.74 Å². The zero-order chi connectivity index (χ0) is 15.1. The van der Waals surface area contributed by atoms with Crippen molar-refractivity contribution in [3.05, 3.63) is 30.3 Å². The second-order valence-corrected chi connectivity index (χ2v) is 5.28. The molecular weight excluding hydrogens is 274 g/mol. The van der Waals surface area contributed by atoms with Crippen molar-refractivity contribution in [2.45, 2.75) is 45.4 Å². The first kappa shape index (κ1) is 18.9. The highest BCUT2D eigenvalue weighted by atomic mass is 32.2. The topological polar surface area (TPSA) is 55.4 Å². The van der Waals surface area contributed by atoms with Gasteiger partial charge in [0.15, 0.2) is 0 Å². The fourth-order valence-electron chi connectivity index (χ4n) is 1.63. The molecule has 0 bridgehead atoms. The van der Waals surface area contributed by atoms with Gasteiger partial charge in [0.05, 0.1) is 7.11 Å². The summed E-state index contributed by atoms with van der Waals surface area (Å²) in [7, 11) is -0.716. The molecule has 0 saturated heterocycles. The zero-order valence-corrected chi connectivity index (χ0v) is 13.4. The Morgan fingerprint density at radius 2 is 1.60 bits per heavy atom. The van der Waals surface area contributed by atoms with Crippen LogP contribution in [0.3, 0.4) is 0 Å². The highest BCUT2D eigenvalue weighted by Crippen LogP contribution is 2.05. The number of unbranched alkanes of at least 4 members (excludes halogenated alkanes) is 5. The molecule has 0 aliphatic carbocycles. The summed E-state index contributed by atoms with van der Waals surface area (Å²) < 4.78 is 27.4. The van der Waals surface area contributed by atoms with Crippen LogP contribution >= 0.6 is 0 Å². The van der Waals surface area contributed by atoms with E-state index in [1.165, 1.54) is 25.7 Å². The number of hydrogen-bond donors (Lipinski definition) is 2. The third kappa shape index (κ3) is 13.4. The number of ether oxygens (including phenoxy) is 1. The largest absolute Gasteiger partial charge is 0.497 e. The molecule has 4 nitrogen and oxygen atoms in total. The van der Waals surface area contributed by atoms with Gasteiger partial charge in [-0.1, -0.05) is 57.2 Å². The van der Waals surface area contributed by atoms with Crippen LogP contribution in [0.5, 0.6) is 5.75 Å². The maximum Gasteiger partial charge on any atom is 0.201 e. The summed E-state index contributed by atoms with van der Waals surface area (Å²) in [6.45, 7) is 2.79. The van der Waals surface area contributed by atoms with Crippen molar-refractivity contribution in [3.8, 4) is 5.75 Å². The summed E-state index contributed by atoms with van der Waals surface area (Å²) >= 11 is 0. The van der Waals surface area contributed by atoms with Gasteiger partial charge in [-0.3, -0.25) is 0 Å². The van der Waals surface area contributed by atoms with Crippen LogP contribution in [0.4, 0.5) is 0 Å². The fraction of sp³-hybridized carbons (Fsp3) is 0.600. The van der Waals surface area contributed by atoms with Crippen molar-refractivity contribution >= 4 is 10.9 Å². The van der Waals surface area contributed by atoms with Crippen molar-refractivity contribution in [1.29, 1.82) is 0 Å².